The van der Waals surface area contributed by atoms with Crippen molar-refractivity contribution in [3.8, 4) is 0 Å². The molecule has 0 heterocycles. The highest BCUT2D eigenvalue weighted by molar-refractivity contribution is 6.56. The Hall–Kier alpha value is -2.22. The highest BCUT2D eigenvalue weighted by atomic mass is 14.8. The van der Waals surface area contributed by atoms with E-state index in [9.17, 15) is 0 Å². The fourth-order valence-electron chi connectivity index (χ4n) is 5.65. The van der Waals surface area contributed by atoms with Gasteiger partial charge < -0.3 is 0 Å². The summed E-state index contributed by atoms with van der Waals surface area (Å²) in [5.41, 5.74) is 13.1. The Morgan fingerprint density at radius 3 is 1.50 bits per heavy atom. The normalized spacial score (nSPS) is 18.4. The molecule has 2 heteroatoms. The van der Waals surface area contributed by atoms with Gasteiger partial charge in [-0.25, -0.2) is 0 Å². The van der Waals surface area contributed by atoms with Gasteiger partial charge in [-0.3, -0.25) is 9.98 Å². The number of aliphatic imine (C=N–C) groups is 2. The Morgan fingerprint density at radius 1 is 0.690 bits per heavy atom. The standard InChI is InChI=1S/C40H66N2/c1-14-17-19-21-23-34(32(8)29(4)5)27-30(6)36-25-26-37(39(42-13)38(36)41-12)31(7)28-35(24-22-20-18-15-2)33(9)40(10,11)16-3/h25-29H,14-24H2,1-13H3/b30-27+,31-28+,34-32+,35-33+,41-38-,42-39-. The molecule has 0 aromatic heterocycles. The summed E-state index contributed by atoms with van der Waals surface area (Å²) >= 11 is 0. The Labute approximate surface area is 262 Å². The first-order valence-corrected chi connectivity index (χ1v) is 17.0. The smallest absolute Gasteiger partial charge is 0.0903 e. The molecule has 0 fully saturated rings. The summed E-state index contributed by atoms with van der Waals surface area (Å²) in [4.78, 5) is 9.66. The van der Waals surface area contributed by atoms with E-state index in [0.29, 0.717) is 5.92 Å². The summed E-state index contributed by atoms with van der Waals surface area (Å²) in [6.45, 7) is 25.4. The van der Waals surface area contributed by atoms with Crippen LogP contribution in [-0.2, 0) is 0 Å². The van der Waals surface area contributed by atoms with Gasteiger partial charge in [0.2, 0.25) is 0 Å². The van der Waals surface area contributed by atoms with E-state index in [1.165, 1.54) is 96.0 Å². The number of unbranched alkanes of at least 4 members (excludes halogenated alkanes) is 6. The van der Waals surface area contributed by atoms with E-state index in [4.69, 9.17) is 9.98 Å². The number of rotatable bonds is 17. The Bertz CT molecular complexity index is 1120. The summed E-state index contributed by atoms with van der Waals surface area (Å²) < 4.78 is 0. The summed E-state index contributed by atoms with van der Waals surface area (Å²) in [5.74, 6) is 0.548. The summed E-state index contributed by atoms with van der Waals surface area (Å²) in [7, 11) is 3.83. The molecular formula is C40H66N2. The molecule has 1 aliphatic carbocycles. The zero-order valence-electron chi connectivity index (χ0n) is 30.1. The highest BCUT2D eigenvalue weighted by Crippen LogP contribution is 2.35. The molecule has 0 bridgehead atoms. The van der Waals surface area contributed by atoms with Crippen LogP contribution in [0, 0.1) is 11.3 Å². The van der Waals surface area contributed by atoms with Crippen LogP contribution in [0.1, 0.15) is 147 Å². The molecule has 42 heavy (non-hydrogen) atoms. The van der Waals surface area contributed by atoms with Crippen molar-refractivity contribution in [2.75, 3.05) is 14.1 Å². The van der Waals surface area contributed by atoms with E-state index in [1.54, 1.807) is 0 Å². The van der Waals surface area contributed by atoms with Gasteiger partial charge in [0.05, 0.1) is 11.4 Å². The van der Waals surface area contributed by atoms with Crippen LogP contribution in [0.3, 0.4) is 0 Å². The second-order valence-corrected chi connectivity index (χ2v) is 13.3. The molecule has 0 atom stereocenters. The second-order valence-electron chi connectivity index (χ2n) is 13.3. The van der Waals surface area contributed by atoms with Gasteiger partial charge in [-0.2, -0.15) is 0 Å². The van der Waals surface area contributed by atoms with Crippen LogP contribution in [0.2, 0.25) is 0 Å². The Morgan fingerprint density at radius 2 is 1.12 bits per heavy atom. The number of hydrogen-bond acceptors (Lipinski definition) is 2. The molecule has 0 aromatic rings. The molecule has 1 aliphatic rings. The molecule has 0 amide bonds. The maximum Gasteiger partial charge on any atom is 0.0903 e. The van der Waals surface area contributed by atoms with Crippen molar-refractivity contribution in [2.24, 2.45) is 21.3 Å². The van der Waals surface area contributed by atoms with Crippen molar-refractivity contribution in [2.45, 2.75) is 147 Å². The van der Waals surface area contributed by atoms with Gasteiger partial charge in [0.15, 0.2) is 0 Å². The fraction of sp³-hybridized carbons (Fsp3) is 0.650. The summed E-state index contributed by atoms with van der Waals surface area (Å²) in [5, 5.41) is 0. The molecule has 0 aliphatic heterocycles. The first kappa shape index (κ1) is 37.8. The van der Waals surface area contributed by atoms with Crippen LogP contribution in [0.25, 0.3) is 0 Å². The molecule has 1 rings (SSSR count). The van der Waals surface area contributed by atoms with Gasteiger partial charge in [-0.05, 0) is 93.4 Å². The lowest BCUT2D eigenvalue weighted by Gasteiger charge is -2.27. The molecule has 236 valence electrons. The molecule has 0 N–H and O–H groups in total. The van der Waals surface area contributed by atoms with E-state index in [2.05, 4.69) is 100 Å². The molecule has 0 aromatic carbocycles. The molecular weight excluding hydrogens is 508 g/mol. The first-order valence-electron chi connectivity index (χ1n) is 17.0. The van der Waals surface area contributed by atoms with Crippen molar-refractivity contribution in [1.29, 1.82) is 0 Å². The topological polar surface area (TPSA) is 24.7 Å². The monoisotopic (exact) mass is 575 g/mol. The Balaban J connectivity index is 3.61. The van der Waals surface area contributed by atoms with E-state index in [0.717, 1.165) is 30.7 Å². The van der Waals surface area contributed by atoms with E-state index in [-0.39, 0.29) is 5.41 Å². The average Bonchev–Trinajstić information content (AvgIpc) is 2.98. The Kier molecular flexibility index (Phi) is 17.2. The van der Waals surface area contributed by atoms with Gasteiger partial charge in [0.1, 0.15) is 0 Å². The highest BCUT2D eigenvalue weighted by Gasteiger charge is 2.24. The zero-order valence-corrected chi connectivity index (χ0v) is 30.1. The second kappa shape index (κ2) is 19.1. The van der Waals surface area contributed by atoms with Crippen LogP contribution < -0.4 is 0 Å². The van der Waals surface area contributed by atoms with Crippen molar-refractivity contribution in [1.82, 2.24) is 0 Å². The van der Waals surface area contributed by atoms with Gasteiger partial charge in [-0.15, -0.1) is 0 Å². The molecule has 0 saturated carbocycles. The molecule has 0 radical (unpaired) electrons. The molecule has 0 spiro atoms. The van der Waals surface area contributed by atoms with E-state index >= 15 is 0 Å². The van der Waals surface area contributed by atoms with Crippen LogP contribution in [0.5, 0.6) is 0 Å². The van der Waals surface area contributed by atoms with E-state index < -0.39 is 0 Å². The van der Waals surface area contributed by atoms with Crippen LogP contribution >= 0.6 is 0 Å². The zero-order chi connectivity index (χ0) is 31.9. The van der Waals surface area contributed by atoms with Crippen molar-refractivity contribution >= 4 is 11.4 Å². The third kappa shape index (κ3) is 11.1. The quantitative estimate of drug-likeness (QED) is 0.0937. The third-order valence-corrected chi connectivity index (χ3v) is 9.58. The van der Waals surface area contributed by atoms with Gasteiger partial charge in [0.25, 0.3) is 0 Å². The fourth-order valence-corrected chi connectivity index (χ4v) is 5.65. The number of allylic oxidation sites excluding steroid dienone is 12. The first-order chi connectivity index (χ1) is 19.9. The minimum atomic E-state index is 0.195. The average molecular weight is 575 g/mol. The van der Waals surface area contributed by atoms with Crippen LogP contribution in [0.4, 0.5) is 0 Å². The lowest BCUT2D eigenvalue weighted by molar-refractivity contribution is 0.424. The van der Waals surface area contributed by atoms with Gasteiger partial charge >= 0.3 is 0 Å². The molecule has 0 unspecified atom stereocenters. The van der Waals surface area contributed by atoms with E-state index in [1.807, 2.05) is 14.1 Å². The van der Waals surface area contributed by atoms with Crippen molar-refractivity contribution in [3.63, 3.8) is 0 Å². The van der Waals surface area contributed by atoms with Crippen LogP contribution in [0.15, 0.2) is 78.9 Å². The van der Waals surface area contributed by atoms with Gasteiger partial charge in [0, 0.05) is 25.2 Å². The molecule has 0 saturated heterocycles. The maximum absolute atomic E-state index is 4.83. The molecule has 2 nitrogen and oxygen atoms in total. The van der Waals surface area contributed by atoms with Crippen LogP contribution in [-0.4, -0.2) is 25.5 Å². The third-order valence-electron chi connectivity index (χ3n) is 9.58. The lowest BCUT2D eigenvalue weighted by Crippen LogP contribution is -2.23. The van der Waals surface area contributed by atoms with Crippen molar-refractivity contribution in [3.05, 3.63) is 68.9 Å². The summed E-state index contributed by atoms with van der Waals surface area (Å²) in [6.07, 6.45) is 23.1. The predicted octanol–water partition coefficient (Wildman–Crippen LogP) is 12.6. The number of hydrogen-bond donors (Lipinski definition) is 0. The maximum atomic E-state index is 4.83. The number of nitrogens with zero attached hydrogens (tertiary/aromatic N) is 2. The minimum absolute atomic E-state index is 0.195. The SMILES string of the molecule is CCCCCCC(/C=C(\C)C1=CC=C(/C(C)=C/C(CCCCCC)=C(\C)C(C)(C)CC)C(=N/C)/C1=N\C)=C(/C)C(C)C. The van der Waals surface area contributed by atoms with Crippen molar-refractivity contribution < 1.29 is 0 Å². The summed E-state index contributed by atoms with van der Waals surface area (Å²) in [6, 6.07) is 0. The lowest BCUT2D eigenvalue weighted by atomic mass is 9.78. The largest absolute Gasteiger partial charge is 0.286 e. The van der Waals surface area contributed by atoms with Gasteiger partial charge in [-0.1, -0.05) is 122 Å². The minimum Gasteiger partial charge on any atom is -0.286 e. The predicted molar refractivity (Wildman–Crippen MR) is 192 cm³/mol.